The Bertz CT molecular complexity index is 771. The molecule has 1 saturated carbocycles. The number of nitrogens with zero attached hydrogens (tertiary/aromatic N) is 3. The normalized spacial score (nSPS) is 18.5. The highest BCUT2D eigenvalue weighted by atomic mass is 16.6. The quantitative estimate of drug-likeness (QED) is 0.744. The maximum atomic E-state index is 11.4. The van der Waals surface area contributed by atoms with Crippen LogP contribution in [0.5, 0.6) is 11.5 Å². The number of rotatable bonds is 5. The third-order valence-electron chi connectivity index (χ3n) is 4.83. The molecule has 0 bridgehead atoms. The molecule has 1 heterocycles. The van der Waals surface area contributed by atoms with E-state index in [0.29, 0.717) is 17.2 Å². The van der Waals surface area contributed by atoms with Gasteiger partial charge in [-0.25, -0.2) is 9.79 Å². The van der Waals surface area contributed by atoms with Gasteiger partial charge in [-0.2, -0.15) is 4.99 Å². The predicted octanol–water partition coefficient (Wildman–Crippen LogP) is 1.36. The molecule has 0 radical (unpaired) electrons. The van der Waals surface area contributed by atoms with Crippen molar-refractivity contribution in [3.8, 4) is 11.5 Å². The molecular formula is C18H25N5O4. The molecule has 146 valence electrons. The Kier molecular flexibility index (Phi) is 5.38. The van der Waals surface area contributed by atoms with E-state index in [2.05, 4.69) is 14.7 Å². The first-order valence-corrected chi connectivity index (χ1v) is 8.86. The molecule has 0 atom stereocenters. The van der Waals surface area contributed by atoms with Crippen molar-refractivity contribution in [2.24, 2.45) is 21.5 Å². The number of carbonyl (C=O) groups excluding carboxylic acids is 1. The van der Waals surface area contributed by atoms with Crippen LogP contribution in [0.2, 0.25) is 0 Å². The van der Waals surface area contributed by atoms with Crippen molar-refractivity contribution in [2.75, 3.05) is 25.7 Å². The molecule has 1 fully saturated rings. The summed E-state index contributed by atoms with van der Waals surface area (Å²) in [4.78, 5) is 22.1. The maximum Gasteiger partial charge on any atom is 0.343 e. The highest BCUT2D eigenvalue weighted by molar-refractivity contribution is 6.06. The molecule has 1 aromatic carbocycles. The molecule has 9 heteroatoms. The third-order valence-corrected chi connectivity index (χ3v) is 4.83. The van der Waals surface area contributed by atoms with Gasteiger partial charge in [0.25, 0.3) is 0 Å². The number of ether oxygens (including phenoxy) is 3. The first kappa shape index (κ1) is 18.8. The number of carbonyl (C=O) groups is 1. The lowest BCUT2D eigenvalue weighted by molar-refractivity contribution is -0.142. The molecule has 27 heavy (non-hydrogen) atoms. The summed E-state index contributed by atoms with van der Waals surface area (Å²) in [6.45, 7) is -0.192. The lowest BCUT2D eigenvalue weighted by Gasteiger charge is -2.45. The van der Waals surface area contributed by atoms with Crippen molar-refractivity contribution in [1.29, 1.82) is 0 Å². The molecule has 0 unspecified atom stereocenters. The highest BCUT2D eigenvalue weighted by Gasteiger charge is 2.43. The van der Waals surface area contributed by atoms with Crippen LogP contribution >= 0.6 is 0 Å². The molecule has 1 spiro atoms. The van der Waals surface area contributed by atoms with Gasteiger partial charge in [0.05, 0.1) is 19.9 Å². The lowest BCUT2D eigenvalue weighted by atomic mass is 9.87. The molecule has 4 N–H and O–H groups in total. The van der Waals surface area contributed by atoms with Crippen LogP contribution in [0.1, 0.15) is 32.1 Å². The Morgan fingerprint density at radius 3 is 2.63 bits per heavy atom. The molecule has 1 aromatic rings. The molecule has 0 aromatic heterocycles. The fourth-order valence-corrected chi connectivity index (χ4v) is 3.61. The van der Waals surface area contributed by atoms with Crippen LogP contribution < -0.4 is 25.8 Å². The number of aliphatic imine (C=N–C) groups is 2. The fourth-order valence-electron chi connectivity index (χ4n) is 3.61. The molecule has 3 rings (SSSR count). The predicted molar refractivity (Wildman–Crippen MR) is 102 cm³/mol. The van der Waals surface area contributed by atoms with E-state index in [1.807, 2.05) is 4.90 Å². The van der Waals surface area contributed by atoms with Crippen molar-refractivity contribution < 1.29 is 19.0 Å². The molecule has 0 saturated heterocycles. The van der Waals surface area contributed by atoms with E-state index >= 15 is 0 Å². The average molecular weight is 375 g/mol. The number of nitrogens with two attached hydrogens (primary N) is 2. The first-order valence-electron chi connectivity index (χ1n) is 8.86. The number of guanidine groups is 2. The maximum absolute atomic E-state index is 11.4. The summed E-state index contributed by atoms with van der Waals surface area (Å²) in [6.07, 6.45) is 4.78. The summed E-state index contributed by atoms with van der Waals surface area (Å²) in [6, 6.07) is 5.23. The summed E-state index contributed by atoms with van der Waals surface area (Å²) in [7, 11) is 2.89. The Hall–Kier alpha value is -2.97. The fraction of sp³-hybridized carbons (Fsp3) is 0.500. The monoisotopic (exact) mass is 375 g/mol. The van der Waals surface area contributed by atoms with Crippen LogP contribution in [0.25, 0.3) is 0 Å². The topological polar surface area (TPSA) is 125 Å². The number of esters is 1. The lowest BCUT2D eigenvalue weighted by Crippen LogP contribution is -2.58. The van der Waals surface area contributed by atoms with Crippen molar-refractivity contribution in [3.05, 3.63) is 18.2 Å². The molecule has 2 aliphatic rings. The smallest absolute Gasteiger partial charge is 0.343 e. The summed E-state index contributed by atoms with van der Waals surface area (Å²) in [5, 5.41) is 0. The van der Waals surface area contributed by atoms with E-state index in [1.165, 1.54) is 7.11 Å². The zero-order valence-electron chi connectivity index (χ0n) is 15.6. The van der Waals surface area contributed by atoms with Crippen LogP contribution in [0.4, 0.5) is 5.69 Å². The number of methoxy groups -OCH3 is 2. The Morgan fingerprint density at radius 2 is 1.96 bits per heavy atom. The van der Waals surface area contributed by atoms with E-state index in [-0.39, 0.29) is 18.5 Å². The van der Waals surface area contributed by atoms with Gasteiger partial charge >= 0.3 is 5.97 Å². The number of anilines is 1. The number of hydrogen-bond acceptors (Lipinski definition) is 9. The first-order chi connectivity index (χ1) is 13.0. The second kappa shape index (κ2) is 7.73. The zero-order valence-corrected chi connectivity index (χ0v) is 15.6. The van der Waals surface area contributed by atoms with E-state index in [9.17, 15) is 4.79 Å². The Morgan fingerprint density at radius 1 is 1.22 bits per heavy atom. The SMILES string of the molecule is COC(=O)COc1ccc(OC)c(N2C(N)=NC(N)=NC23CCCCC3)c1. The van der Waals surface area contributed by atoms with Gasteiger partial charge in [-0.1, -0.05) is 6.42 Å². The number of hydrogen-bond donors (Lipinski definition) is 2. The van der Waals surface area contributed by atoms with E-state index < -0.39 is 11.6 Å². The van der Waals surface area contributed by atoms with Gasteiger partial charge in [0.1, 0.15) is 17.2 Å². The Balaban J connectivity index is 2.01. The molecule has 9 nitrogen and oxygen atoms in total. The second-order valence-electron chi connectivity index (χ2n) is 6.52. The Labute approximate surface area is 158 Å². The summed E-state index contributed by atoms with van der Waals surface area (Å²) in [5.74, 6) is 1.06. The van der Waals surface area contributed by atoms with E-state index in [0.717, 1.165) is 32.1 Å². The summed E-state index contributed by atoms with van der Waals surface area (Å²) in [5.41, 5.74) is 12.3. The van der Waals surface area contributed by atoms with Crippen molar-refractivity contribution >= 4 is 23.6 Å². The van der Waals surface area contributed by atoms with Crippen molar-refractivity contribution in [1.82, 2.24) is 0 Å². The minimum absolute atomic E-state index is 0.183. The van der Waals surface area contributed by atoms with E-state index in [1.54, 1.807) is 25.3 Å². The third kappa shape index (κ3) is 3.76. The number of benzene rings is 1. The second-order valence-corrected chi connectivity index (χ2v) is 6.52. The molecule has 1 aliphatic carbocycles. The van der Waals surface area contributed by atoms with Gasteiger partial charge in [0.15, 0.2) is 6.61 Å². The van der Waals surface area contributed by atoms with Crippen LogP contribution in [-0.4, -0.2) is 44.4 Å². The molecule has 0 amide bonds. The van der Waals surface area contributed by atoms with Gasteiger partial charge in [0, 0.05) is 6.07 Å². The van der Waals surface area contributed by atoms with Gasteiger partial charge in [-0.15, -0.1) is 0 Å². The van der Waals surface area contributed by atoms with Gasteiger partial charge in [0.2, 0.25) is 11.9 Å². The molecule has 1 aliphatic heterocycles. The van der Waals surface area contributed by atoms with Crippen LogP contribution in [0.3, 0.4) is 0 Å². The largest absolute Gasteiger partial charge is 0.495 e. The van der Waals surface area contributed by atoms with Crippen molar-refractivity contribution in [3.63, 3.8) is 0 Å². The van der Waals surface area contributed by atoms with Gasteiger partial charge in [-0.3, -0.25) is 4.90 Å². The highest BCUT2D eigenvalue weighted by Crippen LogP contribution is 2.43. The standard InChI is InChI=1S/C18H25N5O4/c1-25-14-7-6-12(27-11-15(24)26-2)10-13(14)23-17(20)21-16(19)22-18(23)8-4-3-5-9-18/h6-7,10H,3-5,8-9,11H2,1-2H3,(H4,19,20,21,22). The van der Waals surface area contributed by atoms with Crippen LogP contribution in [0.15, 0.2) is 28.2 Å². The molecular weight excluding hydrogens is 350 g/mol. The average Bonchev–Trinajstić information content (AvgIpc) is 2.66. The van der Waals surface area contributed by atoms with Crippen LogP contribution in [0, 0.1) is 0 Å². The minimum Gasteiger partial charge on any atom is -0.495 e. The minimum atomic E-state index is -0.595. The van der Waals surface area contributed by atoms with Gasteiger partial charge in [-0.05, 0) is 37.8 Å². The summed E-state index contributed by atoms with van der Waals surface area (Å²) < 4.78 is 15.7. The summed E-state index contributed by atoms with van der Waals surface area (Å²) >= 11 is 0. The zero-order chi connectivity index (χ0) is 19.4. The van der Waals surface area contributed by atoms with E-state index in [4.69, 9.17) is 20.9 Å². The van der Waals surface area contributed by atoms with Gasteiger partial charge < -0.3 is 25.7 Å². The van der Waals surface area contributed by atoms with Crippen LogP contribution in [-0.2, 0) is 9.53 Å². The van der Waals surface area contributed by atoms with Crippen molar-refractivity contribution in [2.45, 2.75) is 37.8 Å².